The van der Waals surface area contributed by atoms with E-state index in [-0.39, 0.29) is 11.6 Å². The second-order valence-corrected chi connectivity index (χ2v) is 6.28. The molecule has 0 radical (unpaired) electrons. The van der Waals surface area contributed by atoms with Gasteiger partial charge in [-0.2, -0.15) is 5.10 Å². The summed E-state index contributed by atoms with van der Waals surface area (Å²) in [5, 5.41) is 6.21. The van der Waals surface area contributed by atoms with Gasteiger partial charge in [-0.1, -0.05) is 0 Å². The van der Waals surface area contributed by atoms with Crippen LogP contribution in [0, 0.1) is 0 Å². The van der Waals surface area contributed by atoms with Gasteiger partial charge in [0.1, 0.15) is 12.1 Å². The maximum Gasteiger partial charge on any atom is 0.266 e. The highest BCUT2D eigenvalue weighted by Crippen LogP contribution is 2.32. The predicted molar refractivity (Wildman–Crippen MR) is 86.3 cm³/mol. The van der Waals surface area contributed by atoms with Crippen LogP contribution in [0.25, 0.3) is 10.2 Å². The third-order valence-corrected chi connectivity index (χ3v) is 4.94. The molecule has 4 rings (SSSR count). The van der Waals surface area contributed by atoms with Crippen molar-refractivity contribution in [2.75, 3.05) is 11.4 Å². The number of hydrogen-bond donors (Lipinski definition) is 0. The van der Waals surface area contributed by atoms with Crippen molar-refractivity contribution in [2.24, 2.45) is 0 Å². The second-order valence-electron chi connectivity index (χ2n) is 5.37. The summed E-state index contributed by atoms with van der Waals surface area (Å²) in [5.74, 6) is 0.978. The molecule has 3 aromatic rings. The van der Waals surface area contributed by atoms with Gasteiger partial charge in [0.15, 0.2) is 0 Å². The molecule has 0 saturated carbocycles. The molecular formula is C15H15N5OS. The van der Waals surface area contributed by atoms with Crippen LogP contribution >= 0.6 is 11.3 Å². The Morgan fingerprint density at radius 1 is 1.32 bits per heavy atom. The maximum absolute atomic E-state index is 11.9. The van der Waals surface area contributed by atoms with Gasteiger partial charge in [-0.15, -0.1) is 11.3 Å². The highest BCUT2D eigenvalue weighted by molar-refractivity contribution is 7.17. The molecule has 0 aromatic carbocycles. The minimum Gasteiger partial charge on any atom is -0.350 e. The molecule has 0 bridgehead atoms. The van der Waals surface area contributed by atoms with Crippen LogP contribution in [0.15, 0.2) is 40.9 Å². The fourth-order valence-corrected chi connectivity index (χ4v) is 3.86. The molecule has 112 valence electrons. The van der Waals surface area contributed by atoms with Gasteiger partial charge < -0.3 is 4.90 Å². The normalized spacial score (nSPS) is 18.2. The summed E-state index contributed by atoms with van der Waals surface area (Å²) >= 11 is 1.66. The van der Waals surface area contributed by atoms with E-state index in [9.17, 15) is 4.79 Å². The lowest BCUT2D eigenvalue weighted by atomic mass is 10.2. The zero-order chi connectivity index (χ0) is 14.9. The van der Waals surface area contributed by atoms with E-state index < -0.39 is 0 Å². The Hall–Kier alpha value is -2.28. The maximum atomic E-state index is 11.9. The molecule has 0 aliphatic carbocycles. The number of hydrogen-bond acceptors (Lipinski definition) is 6. The number of rotatable bonds is 3. The SMILES string of the molecule is O=c1cccnn1CC1CCCN1c1ncnc2ccsc12. The monoisotopic (exact) mass is 313 g/mol. The van der Waals surface area contributed by atoms with Crippen LogP contribution in [0.4, 0.5) is 5.82 Å². The minimum atomic E-state index is -0.0571. The number of fused-ring (bicyclic) bond motifs is 1. The van der Waals surface area contributed by atoms with Gasteiger partial charge in [0.2, 0.25) is 0 Å². The molecule has 1 aliphatic heterocycles. The number of thiophene rings is 1. The zero-order valence-corrected chi connectivity index (χ0v) is 12.7. The molecule has 1 fully saturated rings. The number of aromatic nitrogens is 4. The number of anilines is 1. The first-order valence-corrected chi connectivity index (χ1v) is 8.18. The average Bonchev–Trinajstić information content (AvgIpc) is 3.18. The molecule has 0 N–H and O–H groups in total. The Morgan fingerprint density at radius 3 is 3.18 bits per heavy atom. The molecule has 0 spiro atoms. The van der Waals surface area contributed by atoms with Gasteiger partial charge in [-0.05, 0) is 30.4 Å². The Balaban J connectivity index is 1.68. The van der Waals surface area contributed by atoms with Crippen molar-refractivity contribution in [3.8, 4) is 0 Å². The van der Waals surface area contributed by atoms with Crippen molar-refractivity contribution in [1.82, 2.24) is 19.7 Å². The zero-order valence-electron chi connectivity index (χ0n) is 11.9. The van der Waals surface area contributed by atoms with Crippen LogP contribution in [-0.4, -0.2) is 32.3 Å². The van der Waals surface area contributed by atoms with E-state index in [0.29, 0.717) is 6.54 Å². The standard InChI is InChI=1S/C15H15N5OS/c21-13-4-1-6-18-20(13)9-11-3-2-7-19(11)15-14-12(5-8-22-14)16-10-17-15/h1,4-6,8,10-11H,2-3,7,9H2. The third kappa shape index (κ3) is 2.27. The molecule has 6 nitrogen and oxygen atoms in total. The van der Waals surface area contributed by atoms with Crippen LogP contribution in [0.1, 0.15) is 12.8 Å². The van der Waals surface area contributed by atoms with Crippen LogP contribution in [0.5, 0.6) is 0 Å². The smallest absolute Gasteiger partial charge is 0.266 e. The summed E-state index contributed by atoms with van der Waals surface area (Å²) < 4.78 is 2.65. The molecule has 22 heavy (non-hydrogen) atoms. The average molecular weight is 313 g/mol. The van der Waals surface area contributed by atoms with Gasteiger partial charge in [0, 0.05) is 18.8 Å². The summed E-state index contributed by atoms with van der Waals surface area (Å²) in [6.07, 6.45) is 5.42. The van der Waals surface area contributed by atoms with Crippen molar-refractivity contribution in [3.05, 3.63) is 46.5 Å². The van der Waals surface area contributed by atoms with Crippen molar-refractivity contribution < 1.29 is 0 Å². The molecule has 4 heterocycles. The van der Waals surface area contributed by atoms with Crippen molar-refractivity contribution >= 4 is 27.4 Å². The van der Waals surface area contributed by atoms with E-state index in [2.05, 4.69) is 20.0 Å². The van der Waals surface area contributed by atoms with Crippen molar-refractivity contribution in [2.45, 2.75) is 25.4 Å². The lowest BCUT2D eigenvalue weighted by Crippen LogP contribution is -2.37. The summed E-state index contributed by atoms with van der Waals surface area (Å²) in [7, 11) is 0. The van der Waals surface area contributed by atoms with Crippen LogP contribution in [0.2, 0.25) is 0 Å². The van der Waals surface area contributed by atoms with E-state index in [1.807, 2.05) is 11.4 Å². The summed E-state index contributed by atoms with van der Waals surface area (Å²) in [6, 6.07) is 5.48. The van der Waals surface area contributed by atoms with Crippen LogP contribution < -0.4 is 10.5 Å². The third-order valence-electron chi connectivity index (χ3n) is 4.04. The first-order valence-electron chi connectivity index (χ1n) is 7.30. The van der Waals surface area contributed by atoms with E-state index >= 15 is 0 Å². The molecule has 3 aromatic heterocycles. The van der Waals surface area contributed by atoms with E-state index in [1.165, 1.54) is 4.68 Å². The van der Waals surface area contributed by atoms with Crippen molar-refractivity contribution in [3.63, 3.8) is 0 Å². The fraction of sp³-hybridized carbons (Fsp3) is 0.333. The van der Waals surface area contributed by atoms with Crippen LogP contribution in [0.3, 0.4) is 0 Å². The van der Waals surface area contributed by atoms with Gasteiger partial charge in [-0.3, -0.25) is 4.79 Å². The summed E-state index contributed by atoms with van der Waals surface area (Å²) in [6.45, 7) is 1.55. The first kappa shape index (κ1) is 13.4. The Labute approximate surface area is 131 Å². The molecule has 1 atom stereocenters. The van der Waals surface area contributed by atoms with Gasteiger partial charge in [0.05, 0.1) is 22.8 Å². The van der Waals surface area contributed by atoms with Gasteiger partial charge in [-0.25, -0.2) is 14.6 Å². The highest BCUT2D eigenvalue weighted by Gasteiger charge is 2.28. The predicted octanol–water partition coefficient (Wildman–Crippen LogP) is 1.92. The summed E-state index contributed by atoms with van der Waals surface area (Å²) in [4.78, 5) is 23.0. The molecule has 1 saturated heterocycles. The molecule has 0 amide bonds. The van der Waals surface area contributed by atoms with Crippen molar-refractivity contribution in [1.29, 1.82) is 0 Å². The van der Waals surface area contributed by atoms with E-state index in [4.69, 9.17) is 0 Å². The van der Waals surface area contributed by atoms with Gasteiger partial charge >= 0.3 is 0 Å². The minimum absolute atomic E-state index is 0.0571. The first-order chi connectivity index (χ1) is 10.8. The quantitative estimate of drug-likeness (QED) is 0.739. The van der Waals surface area contributed by atoms with Gasteiger partial charge in [0.25, 0.3) is 5.56 Å². The molecule has 1 unspecified atom stereocenters. The summed E-state index contributed by atoms with van der Waals surface area (Å²) in [5.41, 5.74) is 0.925. The molecule has 1 aliphatic rings. The number of nitrogens with zero attached hydrogens (tertiary/aromatic N) is 5. The second kappa shape index (κ2) is 5.49. The molecular weight excluding hydrogens is 298 g/mol. The van der Waals surface area contributed by atoms with Crippen LogP contribution in [-0.2, 0) is 6.54 Å². The Kier molecular flexibility index (Phi) is 3.34. The highest BCUT2D eigenvalue weighted by atomic mass is 32.1. The lowest BCUT2D eigenvalue weighted by molar-refractivity contribution is 0.487. The van der Waals surface area contributed by atoms with E-state index in [1.54, 1.807) is 36.0 Å². The Morgan fingerprint density at radius 2 is 2.27 bits per heavy atom. The molecule has 7 heteroatoms. The Bertz CT molecular complexity index is 858. The lowest BCUT2D eigenvalue weighted by Gasteiger charge is -2.26. The fourth-order valence-electron chi connectivity index (χ4n) is 3.01. The topological polar surface area (TPSA) is 63.9 Å². The largest absolute Gasteiger partial charge is 0.350 e. The van der Waals surface area contributed by atoms with E-state index in [0.717, 1.165) is 35.4 Å².